The average molecular weight is 312 g/mol. The molecule has 4 nitrogen and oxygen atoms in total. The number of hydrogen-bond donors (Lipinski definition) is 1. The van der Waals surface area contributed by atoms with Crippen molar-refractivity contribution in [1.82, 2.24) is 4.90 Å². The summed E-state index contributed by atoms with van der Waals surface area (Å²) in [5.41, 5.74) is -0.170. The van der Waals surface area contributed by atoms with E-state index in [-0.39, 0.29) is 11.8 Å². The van der Waals surface area contributed by atoms with Crippen LogP contribution in [0.2, 0.25) is 5.02 Å². The summed E-state index contributed by atoms with van der Waals surface area (Å²) in [6.45, 7) is 3.46. The topological polar surface area (TPSA) is 49.8 Å². The smallest absolute Gasteiger partial charge is 0.179 e. The fourth-order valence-corrected chi connectivity index (χ4v) is 2.78. The van der Waals surface area contributed by atoms with E-state index < -0.39 is 5.60 Å². The number of carbonyl (C=O) groups excluding carboxylic acids is 1. The van der Waals surface area contributed by atoms with Crippen LogP contribution in [0, 0.1) is 0 Å². The Morgan fingerprint density at radius 3 is 2.76 bits per heavy atom. The van der Waals surface area contributed by atoms with Crippen LogP contribution >= 0.6 is 11.6 Å². The second kappa shape index (κ2) is 6.88. The molecule has 1 atom stereocenters. The van der Waals surface area contributed by atoms with E-state index >= 15 is 0 Å². The zero-order valence-corrected chi connectivity index (χ0v) is 13.3. The first-order valence-electron chi connectivity index (χ1n) is 7.21. The van der Waals surface area contributed by atoms with Crippen molar-refractivity contribution in [2.24, 2.45) is 0 Å². The van der Waals surface area contributed by atoms with Gasteiger partial charge in [0.15, 0.2) is 5.78 Å². The van der Waals surface area contributed by atoms with Gasteiger partial charge in [-0.3, -0.25) is 9.69 Å². The van der Waals surface area contributed by atoms with Crippen LogP contribution in [0.1, 0.15) is 30.1 Å². The second-order valence-electron chi connectivity index (χ2n) is 5.80. The number of nitrogens with zero attached hydrogens (tertiary/aromatic N) is 1. The number of Topliss-reactive ketones (excluding diaryl/α,β-unsaturated/α-hetero) is 1. The average Bonchev–Trinajstić information content (AvgIpc) is 2.46. The van der Waals surface area contributed by atoms with Gasteiger partial charge in [-0.05, 0) is 26.1 Å². The monoisotopic (exact) mass is 311 g/mol. The normalized spacial score (nSPS) is 19.5. The number of ketones is 1. The molecule has 5 heteroatoms. The second-order valence-corrected chi connectivity index (χ2v) is 6.24. The molecule has 1 aliphatic heterocycles. The minimum absolute atomic E-state index is 0.00987. The standard InChI is InChI=1S/C16H22ClNO3/c1-12(15(19)13-4-3-5-14(17)10-13)18(2)11-16(20)6-8-21-9-7-16/h3-5,10,12,20H,6-9,11H2,1-2H3. The minimum atomic E-state index is -0.768. The van der Waals surface area contributed by atoms with E-state index in [2.05, 4.69) is 0 Å². The minimum Gasteiger partial charge on any atom is -0.388 e. The molecular formula is C16H22ClNO3. The summed E-state index contributed by atoms with van der Waals surface area (Å²) in [6.07, 6.45) is 1.21. The molecule has 1 aromatic carbocycles. The number of ether oxygens (including phenoxy) is 1. The van der Waals surface area contributed by atoms with E-state index in [1.54, 1.807) is 24.3 Å². The van der Waals surface area contributed by atoms with Crippen LogP contribution in [0.4, 0.5) is 0 Å². The molecule has 2 rings (SSSR count). The molecule has 1 aliphatic rings. The molecule has 1 saturated heterocycles. The first kappa shape index (κ1) is 16.4. The van der Waals surface area contributed by atoms with Gasteiger partial charge in [-0.1, -0.05) is 23.7 Å². The van der Waals surface area contributed by atoms with Crippen LogP contribution in [0.15, 0.2) is 24.3 Å². The van der Waals surface area contributed by atoms with Crippen molar-refractivity contribution in [2.45, 2.75) is 31.4 Å². The number of carbonyl (C=O) groups is 1. The maximum atomic E-state index is 12.5. The molecule has 1 heterocycles. The number of aliphatic hydroxyl groups is 1. The van der Waals surface area contributed by atoms with Gasteiger partial charge in [0.1, 0.15) is 0 Å². The summed E-state index contributed by atoms with van der Waals surface area (Å²) in [6, 6.07) is 6.65. The molecule has 0 bridgehead atoms. The Kier molecular flexibility index (Phi) is 5.38. The van der Waals surface area contributed by atoms with E-state index in [0.29, 0.717) is 43.2 Å². The van der Waals surface area contributed by atoms with Gasteiger partial charge in [-0.2, -0.15) is 0 Å². The zero-order chi connectivity index (χ0) is 15.5. The van der Waals surface area contributed by atoms with Gasteiger partial charge in [0.25, 0.3) is 0 Å². The molecule has 21 heavy (non-hydrogen) atoms. The SMILES string of the molecule is CC(C(=O)c1cccc(Cl)c1)N(C)CC1(O)CCOCC1. The third-order valence-electron chi connectivity index (χ3n) is 4.12. The highest BCUT2D eigenvalue weighted by Gasteiger charge is 2.33. The van der Waals surface area contributed by atoms with Crippen LogP contribution in [0.3, 0.4) is 0 Å². The lowest BCUT2D eigenvalue weighted by atomic mass is 9.93. The number of rotatable bonds is 5. The quantitative estimate of drug-likeness (QED) is 0.848. The zero-order valence-electron chi connectivity index (χ0n) is 12.5. The fraction of sp³-hybridized carbons (Fsp3) is 0.562. The van der Waals surface area contributed by atoms with Gasteiger partial charge >= 0.3 is 0 Å². The largest absolute Gasteiger partial charge is 0.388 e. The molecule has 1 fully saturated rings. The highest BCUT2D eigenvalue weighted by Crippen LogP contribution is 2.23. The van der Waals surface area contributed by atoms with Crippen molar-refractivity contribution in [1.29, 1.82) is 0 Å². The lowest BCUT2D eigenvalue weighted by Gasteiger charge is -2.37. The van der Waals surface area contributed by atoms with Gasteiger partial charge in [-0.25, -0.2) is 0 Å². The lowest BCUT2D eigenvalue weighted by molar-refractivity contribution is -0.0791. The van der Waals surface area contributed by atoms with Crippen LogP contribution in [0.5, 0.6) is 0 Å². The maximum absolute atomic E-state index is 12.5. The number of benzene rings is 1. The van der Waals surface area contributed by atoms with E-state index in [1.807, 2.05) is 18.9 Å². The van der Waals surface area contributed by atoms with Crippen molar-refractivity contribution >= 4 is 17.4 Å². The Morgan fingerprint density at radius 1 is 1.48 bits per heavy atom. The predicted molar refractivity (Wildman–Crippen MR) is 82.9 cm³/mol. The molecule has 0 radical (unpaired) electrons. The molecule has 116 valence electrons. The Labute approximate surface area is 130 Å². The summed E-state index contributed by atoms with van der Waals surface area (Å²) in [4.78, 5) is 14.4. The Hall–Kier alpha value is -0.940. The Balaban J connectivity index is 2.01. The number of likely N-dealkylation sites (N-methyl/N-ethyl adjacent to an activating group) is 1. The van der Waals surface area contributed by atoms with Gasteiger partial charge in [0, 0.05) is 43.2 Å². The molecule has 0 saturated carbocycles. The Bertz CT molecular complexity index is 500. The third-order valence-corrected chi connectivity index (χ3v) is 4.35. The van der Waals surface area contributed by atoms with Crippen LogP contribution < -0.4 is 0 Å². The highest BCUT2D eigenvalue weighted by molar-refractivity contribution is 6.31. The van der Waals surface area contributed by atoms with E-state index in [9.17, 15) is 9.90 Å². The highest BCUT2D eigenvalue weighted by atomic mass is 35.5. The Morgan fingerprint density at radius 2 is 2.14 bits per heavy atom. The summed E-state index contributed by atoms with van der Waals surface area (Å²) in [5.74, 6) is 0.00987. The van der Waals surface area contributed by atoms with Gasteiger partial charge in [0.05, 0.1) is 11.6 Å². The lowest BCUT2D eigenvalue weighted by Crippen LogP contribution is -2.49. The van der Waals surface area contributed by atoms with Gasteiger partial charge in [0.2, 0.25) is 0 Å². The van der Waals surface area contributed by atoms with Crippen molar-refractivity contribution < 1.29 is 14.6 Å². The molecular weight excluding hydrogens is 290 g/mol. The van der Waals surface area contributed by atoms with Crippen molar-refractivity contribution in [3.05, 3.63) is 34.9 Å². The third kappa shape index (κ3) is 4.27. The molecule has 0 spiro atoms. The first-order valence-corrected chi connectivity index (χ1v) is 7.59. The number of halogens is 1. The summed E-state index contributed by atoms with van der Waals surface area (Å²) >= 11 is 5.93. The van der Waals surface area contributed by atoms with E-state index in [0.717, 1.165) is 0 Å². The van der Waals surface area contributed by atoms with Crippen LogP contribution in [-0.2, 0) is 4.74 Å². The summed E-state index contributed by atoms with van der Waals surface area (Å²) < 4.78 is 5.28. The van der Waals surface area contributed by atoms with Gasteiger partial charge in [-0.15, -0.1) is 0 Å². The molecule has 1 N–H and O–H groups in total. The molecule has 1 aromatic rings. The first-order chi connectivity index (χ1) is 9.91. The maximum Gasteiger partial charge on any atom is 0.179 e. The van der Waals surface area contributed by atoms with Crippen molar-refractivity contribution in [2.75, 3.05) is 26.8 Å². The van der Waals surface area contributed by atoms with Gasteiger partial charge < -0.3 is 9.84 Å². The predicted octanol–water partition coefficient (Wildman–Crippen LogP) is 2.38. The molecule has 0 amide bonds. The summed E-state index contributed by atoms with van der Waals surface area (Å²) in [5, 5.41) is 11.1. The summed E-state index contributed by atoms with van der Waals surface area (Å²) in [7, 11) is 1.86. The number of hydrogen-bond acceptors (Lipinski definition) is 4. The van der Waals surface area contributed by atoms with Crippen molar-refractivity contribution in [3.63, 3.8) is 0 Å². The molecule has 0 aromatic heterocycles. The molecule has 0 aliphatic carbocycles. The van der Waals surface area contributed by atoms with Crippen LogP contribution in [0.25, 0.3) is 0 Å². The van der Waals surface area contributed by atoms with Crippen molar-refractivity contribution in [3.8, 4) is 0 Å². The fourth-order valence-electron chi connectivity index (χ4n) is 2.59. The van der Waals surface area contributed by atoms with E-state index in [4.69, 9.17) is 16.3 Å². The van der Waals surface area contributed by atoms with Crippen LogP contribution in [-0.4, -0.2) is 54.2 Å². The molecule has 1 unspecified atom stereocenters. The van der Waals surface area contributed by atoms with E-state index in [1.165, 1.54) is 0 Å².